The van der Waals surface area contributed by atoms with E-state index in [-0.39, 0.29) is 12.5 Å². The summed E-state index contributed by atoms with van der Waals surface area (Å²) in [7, 11) is 0. The molecule has 0 aromatic carbocycles. The Morgan fingerprint density at radius 2 is 2.13 bits per heavy atom. The van der Waals surface area contributed by atoms with Crippen molar-refractivity contribution in [1.29, 1.82) is 0 Å². The highest BCUT2D eigenvalue weighted by molar-refractivity contribution is 9.11. The van der Waals surface area contributed by atoms with E-state index < -0.39 is 0 Å². The standard InChI is InChI=1S/C16H27BrN4OS/c1-3-18-16(19-10-13(2)12-22)21-8-6-20(7-9-21)11-14-4-5-15(17)23-14/h4-5,13,22H,3,6-12H2,1-2H3,(H,18,19). The molecule has 1 atom stereocenters. The van der Waals surface area contributed by atoms with E-state index in [0.29, 0.717) is 6.54 Å². The number of piperazine rings is 1. The number of hydrogen-bond donors (Lipinski definition) is 2. The highest BCUT2D eigenvalue weighted by Crippen LogP contribution is 2.23. The molecule has 1 saturated heterocycles. The molecule has 1 aliphatic rings. The zero-order chi connectivity index (χ0) is 16.7. The van der Waals surface area contributed by atoms with Crippen LogP contribution in [0.3, 0.4) is 0 Å². The Kier molecular flexibility index (Phi) is 7.82. The average molecular weight is 403 g/mol. The van der Waals surface area contributed by atoms with Crippen molar-refractivity contribution in [1.82, 2.24) is 15.1 Å². The van der Waals surface area contributed by atoms with E-state index in [1.165, 1.54) is 8.66 Å². The molecule has 2 rings (SSSR count). The number of nitrogens with one attached hydrogen (secondary N) is 1. The second-order valence-corrected chi connectivity index (χ2v) is 8.50. The summed E-state index contributed by atoms with van der Waals surface area (Å²) in [4.78, 5) is 10.9. The summed E-state index contributed by atoms with van der Waals surface area (Å²) < 4.78 is 1.20. The first-order valence-electron chi connectivity index (χ1n) is 8.23. The van der Waals surface area contributed by atoms with E-state index in [1.54, 1.807) is 0 Å². The molecule has 0 amide bonds. The third kappa shape index (κ3) is 6.06. The van der Waals surface area contributed by atoms with Gasteiger partial charge in [0.25, 0.3) is 0 Å². The lowest BCUT2D eigenvalue weighted by molar-refractivity contribution is 0.173. The fourth-order valence-electron chi connectivity index (χ4n) is 2.50. The normalized spacial score (nSPS) is 18.3. The fraction of sp³-hybridized carbons (Fsp3) is 0.688. The highest BCUT2D eigenvalue weighted by Gasteiger charge is 2.20. The molecule has 0 bridgehead atoms. The first-order chi connectivity index (χ1) is 11.1. The molecule has 130 valence electrons. The number of rotatable bonds is 6. The van der Waals surface area contributed by atoms with Gasteiger partial charge in [-0.15, -0.1) is 11.3 Å². The molecule has 1 aromatic rings. The zero-order valence-corrected chi connectivity index (χ0v) is 16.4. The van der Waals surface area contributed by atoms with Crippen molar-refractivity contribution in [2.24, 2.45) is 10.9 Å². The maximum atomic E-state index is 9.15. The summed E-state index contributed by atoms with van der Waals surface area (Å²) >= 11 is 5.34. The zero-order valence-electron chi connectivity index (χ0n) is 14.0. The van der Waals surface area contributed by atoms with E-state index in [4.69, 9.17) is 5.11 Å². The van der Waals surface area contributed by atoms with E-state index in [9.17, 15) is 0 Å². The van der Waals surface area contributed by atoms with Gasteiger partial charge in [-0.2, -0.15) is 0 Å². The molecule has 5 nitrogen and oxygen atoms in total. The number of aliphatic hydroxyl groups is 1. The minimum Gasteiger partial charge on any atom is -0.396 e. The predicted molar refractivity (Wildman–Crippen MR) is 101 cm³/mol. The van der Waals surface area contributed by atoms with Gasteiger partial charge in [-0.1, -0.05) is 6.92 Å². The number of halogens is 1. The van der Waals surface area contributed by atoms with Crippen molar-refractivity contribution < 1.29 is 5.11 Å². The van der Waals surface area contributed by atoms with Crippen molar-refractivity contribution in [2.75, 3.05) is 45.9 Å². The summed E-state index contributed by atoms with van der Waals surface area (Å²) in [6, 6.07) is 4.32. The first-order valence-corrected chi connectivity index (χ1v) is 9.84. The maximum Gasteiger partial charge on any atom is 0.194 e. The SMILES string of the molecule is CCNC(=NCC(C)CO)N1CCN(Cc2ccc(Br)s2)CC1. The Morgan fingerprint density at radius 3 is 2.70 bits per heavy atom. The molecule has 0 spiro atoms. The summed E-state index contributed by atoms with van der Waals surface area (Å²) in [6.45, 7) is 11.0. The molecule has 0 radical (unpaired) electrons. The second kappa shape index (κ2) is 9.61. The molecule has 0 saturated carbocycles. The molecule has 0 aliphatic carbocycles. The van der Waals surface area contributed by atoms with Gasteiger partial charge in [-0.3, -0.25) is 9.89 Å². The number of aliphatic hydroxyl groups excluding tert-OH is 1. The summed E-state index contributed by atoms with van der Waals surface area (Å²) in [5.41, 5.74) is 0. The van der Waals surface area contributed by atoms with Gasteiger partial charge in [0, 0.05) is 57.3 Å². The number of aliphatic imine (C=N–C) groups is 1. The Balaban J connectivity index is 1.85. The molecule has 1 aromatic heterocycles. The molecule has 1 unspecified atom stereocenters. The van der Waals surface area contributed by atoms with Crippen LogP contribution in [-0.2, 0) is 6.54 Å². The van der Waals surface area contributed by atoms with Gasteiger partial charge in [0.15, 0.2) is 5.96 Å². The lowest BCUT2D eigenvalue weighted by atomic mass is 10.2. The van der Waals surface area contributed by atoms with E-state index in [2.05, 4.69) is 55.1 Å². The number of nitrogens with zero attached hydrogens (tertiary/aromatic N) is 3. The van der Waals surface area contributed by atoms with E-state index >= 15 is 0 Å². The topological polar surface area (TPSA) is 51.1 Å². The van der Waals surface area contributed by atoms with Gasteiger partial charge < -0.3 is 15.3 Å². The molecule has 1 aliphatic heterocycles. The monoisotopic (exact) mass is 402 g/mol. The van der Waals surface area contributed by atoms with Crippen LogP contribution >= 0.6 is 27.3 Å². The van der Waals surface area contributed by atoms with Gasteiger partial charge in [0.1, 0.15) is 0 Å². The molecular weight excluding hydrogens is 376 g/mol. The Morgan fingerprint density at radius 1 is 1.39 bits per heavy atom. The molecule has 2 heterocycles. The summed E-state index contributed by atoms with van der Waals surface area (Å²) in [5.74, 6) is 1.19. The molecule has 1 fully saturated rings. The third-order valence-electron chi connectivity index (χ3n) is 3.88. The van der Waals surface area contributed by atoms with Crippen molar-refractivity contribution in [3.05, 3.63) is 20.8 Å². The second-order valence-electron chi connectivity index (χ2n) is 5.95. The molecule has 23 heavy (non-hydrogen) atoms. The highest BCUT2D eigenvalue weighted by atomic mass is 79.9. The minimum absolute atomic E-state index is 0.188. The summed E-state index contributed by atoms with van der Waals surface area (Å²) in [6.07, 6.45) is 0. The quantitative estimate of drug-likeness (QED) is 0.565. The lowest BCUT2D eigenvalue weighted by Gasteiger charge is -2.36. The summed E-state index contributed by atoms with van der Waals surface area (Å²) in [5, 5.41) is 12.5. The Hall–Kier alpha value is -0.630. The van der Waals surface area contributed by atoms with Crippen LogP contribution in [0.4, 0.5) is 0 Å². The maximum absolute atomic E-state index is 9.15. The first kappa shape index (κ1) is 18.7. The Labute approximate surface area is 151 Å². The molecular formula is C16H27BrN4OS. The average Bonchev–Trinajstić information content (AvgIpc) is 2.97. The van der Waals surface area contributed by atoms with Crippen molar-refractivity contribution in [3.63, 3.8) is 0 Å². The van der Waals surface area contributed by atoms with Crippen LogP contribution in [0.5, 0.6) is 0 Å². The minimum atomic E-state index is 0.188. The van der Waals surface area contributed by atoms with Crippen LogP contribution in [0.1, 0.15) is 18.7 Å². The van der Waals surface area contributed by atoms with Gasteiger partial charge in [-0.05, 0) is 40.9 Å². The van der Waals surface area contributed by atoms with Crippen molar-refractivity contribution in [3.8, 4) is 0 Å². The molecule has 2 N–H and O–H groups in total. The van der Waals surface area contributed by atoms with Gasteiger partial charge in [-0.25, -0.2) is 0 Å². The van der Waals surface area contributed by atoms with E-state index in [0.717, 1.165) is 45.2 Å². The van der Waals surface area contributed by atoms with Crippen LogP contribution < -0.4 is 5.32 Å². The smallest absolute Gasteiger partial charge is 0.194 e. The van der Waals surface area contributed by atoms with Crippen LogP contribution in [0.15, 0.2) is 20.9 Å². The van der Waals surface area contributed by atoms with Gasteiger partial charge >= 0.3 is 0 Å². The number of guanidine groups is 1. The van der Waals surface area contributed by atoms with Crippen LogP contribution in [0.2, 0.25) is 0 Å². The number of thiophene rings is 1. The fourth-order valence-corrected chi connectivity index (χ4v) is 4.03. The van der Waals surface area contributed by atoms with Gasteiger partial charge in [0.2, 0.25) is 0 Å². The predicted octanol–water partition coefficient (Wildman–Crippen LogP) is 2.22. The van der Waals surface area contributed by atoms with Crippen molar-refractivity contribution >= 4 is 33.2 Å². The van der Waals surface area contributed by atoms with Gasteiger partial charge in [0.05, 0.1) is 3.79 Å². The van der Waals surface area contributed by atoms with Crippen LogP contribution in [-0.4, -0.2) is 66.7 Å². The Bertz CT molecular complexity index is 500. The van der Waals surface area contributed by atoms with E-state index in [1.807, 2.05) is 18.3 Å². The largest absolute Gasteiger partial charge is 0.396 e. The van der Waals surface area contributed by atoms with Crippen LogP contribution in [0, 0.1) is 5.92 Å². The number of hydrogen-bond acceptors (Lipinski definition) is 4. The molecule has 7 heteroatoms. The van der Waals surface area contributed by atoms with Crippen LogP contribution in [0.25, 0.3) is 0 Å². The third-order valence-corrected chi connectivity index (χ3v) is 5.49. The van der Waals surface area contributed by atoms with Crippen molar-refractivity contribution in [2.45, 2.75) is 20.4 Å². The lowest BCUT2D eigenvalue weighted by Crippen LogP contribution is -2.52.